The molecule has 104 valence electrons. The van der Waals surface area contributed by atoms with Gasteiger partial charge < -0.3 is 5.73 Å². The number of nitrogens with two attached hydrogens (primary N) is 1. The lowest BCUT2D eigenvalue weighted by atomic mass is 10.2. The maximum atomic E-state index is 14.2. The summed E-state index contributed by atoms with van der Waals surface area (Å²) in [6.07, 6.45) is 0. The maximum absolute atomic E-state index is 14.2. The lowest BCUT2D eigenvalue weighted by Gasteiger charge is -2.09. The van der Waals surface area contributed by atoms with E-state index in [1.54, 1.807) is 30.3 Å². The molecule has 0 aliphatic heterocycles. The Morgan fingerprint density at radius 3 is 2.55 bits per heavy atom. The molecule has 2 rings (SSSR count). The van der Waals surface area contributed by atoms with Gasteiger partial charge in [0.1, 0.15) is 5.84 Å². The molecule has 2 nitrogen and oxygen atoms in total. The molecule has 0 saturated carbocycles. The first-order chi connectivity index (χ1) is 9.40. The van der Waals surface area contributed by atoms with Crippen LogP contribution in [-0.4, -0.2) is 5.84 Å². The molecule has 0 atom stereocenters. The number of hydrogen-bond acceptors (Lipinski definition) is 2. The van der Waals surface area contributed by atoms with E-state index in [4.69, 9.17) is 34.3 Å². The van der Waals surface area contributed by atoms with Crippen molar-refractivity contribution in [2.75, 3.05) is 0 Å². The first kappa shape index (κ1) is 15.6. The number of nitrogens with one attached hydrogen (secondary N) is 1. The van der Waals surface area contributed by atoms with Crippen LogP contribution < -0.4 is 5.73 Å². The van der Waals surface area contributed by atoms with Gasteiger partial charge in [0.15, 0.2) is 5.82 Å². The van der Waals surface area contributed by atoms with Crippen LogP contribution in [0.1, 0.15) is 5.56 Å². The lowest BCUT2D eigenvalue weighted by Crippen LogP contribution is -2.12. The second-order valence-electron chi connectivity index (χ2n) is 3.83. The SMILES string of the molecule is N=C(N)c1ccc(Sc2cc(Cl)ccc2Cl)c(F)c1Br. The maximum Gasteiger partial charge on any atom is 0.152 e. The summed E-state index contributed by atoms with van der Waals surface area (Å²) in [5.41, 5.74) is 5.68. The molecule has 2 aromatic rings. The van der Waals surface area contributed by atoms with Crippen LogP contribution in [0.5, 0.6) is 0 Å². The first-order valence-electron chi connectivity index (χ1n) is 5.35. The molecular formula is C13H8BrCl2FN2S. The Morgan fingerprint density at radius 2 is 1.90 bits per heavy atom. The van der Waals surface area contributed by atoms with Gasteiger partial charge in [-0.05, 0) is 46.3 Å². The summed E-state index contributed by atoms with van der Waals surface area (Å²) in [7, 11) is 0. The number of rotatable bonds is 3. The number of benzene rings is 2. The normalized spacial score (nSPS) is 10.6. The highest BCUT2D eigenvalue weighted by Crippen LogP contribution is 2.38. The average molecular weight is 394 g/mol. The minimum atomic E-state index is -0.487. The van der Waals surface area contributed by atoms with E-state index in [0.29, 0.717) is 25.4 Å². The fourth-order valence-corrected chi connectivity index (χ4v) is 3.57. The second-order valence-corrected chi connectivity index (χ2v) is 6.55. The van der Waals surface area contributed by atoms with Crippen molar-refractivity contribution in [3.05, 3.63) is 56.2 Å². The van der Waals surface area contributed by atoms with Gasteiger partial charge in [-0.15, -0.1) is 0 Å². The highest BCUT2D eigenvalue weighted by molar-refractivity contribution is 9.10. The molecule has 0 saturated heterocycles. The summed E-state index contributed by atoms with van der Waals surface area (Å²) >= 11 is 16.2. The van der Waals surface area contributed by atoms with Crippen molar-refractivity contribution in [2.45, 2.75) is 9.79 Å². The molecule has 0 heterocycles. The largest absolute Gasteiger partial charge is 0.384 e. The molecule has 0 bridgehead atoms. The smallest absolute Gasteiger partial charge is 0.152 e. The van der Waals surface area contributed by atoms with Crippen LogP contribution in [0, 0.1) is 11.2 Å². The van der Waals surface area contributed by atoms with Crippen molar-refractivity contribution >= 4 is 56.7 Å². The number of nitrogen functional groups attached to an aromatic ring is 1. The van der Waals surface area contributed by atoms with E-state index in [9.17, 15) is 4.39 Å². The number of halogens is 4. The van der Waals surface area contributed by atoms with E-state index < -0.39 is 5.82 Å². The van der Waals surface area contributed by atoms with Crippen LogP contribution in [0.2, 0.25) is 10.0 Å². The fourth-order valence-electron chi connectivity index (χ4n) is 1.49. The minimum Gasteiger partial charge on any atom is -0.384 e. The van der Waals surface area contributed by atoms with Crippen molar-refractivity contribution in [2.24, 2.45) is 5.73 Å². The Bertz CT molecular complexity index is 694. The highest BCUT2D eigenvalue weighted by Gasteiger charge is 2.15. The van der Waals surface area contributed by atoms with Crippen LogP contribution in [0.3, 0.4) is 0 Å². The van der Waals surface area contributed by atoms with Gasteiger partial charge in [-0.1, -0.05) is 35.0 Å². The zero-order valence-corrected chi connectivity index (χ0v) is 13.8. The summed E-state index contributed by atoms with van der Waals surface area (Å²) in [4.78, 5) is 1.02. The summed E-state index contributed by atoms with van der Waals surface area (Å²) in [6.45, 7) is 0. The molecular weight excluding hydrogens is 386 g/mol. The van der Waals surface area contributed by atoms with E-state index in [2.05, 4.69) is 15.9 Å². The molecule has 0 fully saturated rings. The zero-order valence-electron chi connectivity index (χ0n) is 9.88. The van der Waals surface area contributed by atoms with E-state index in [0.717, 1.165) is 11.8 Å². The fraction of sp³-hybridized carbons (Fsp3) is 0. The molecule has 0 unspecified atom stereocenters. The van der Waals surface area contributed by atoms with Crippen molar-refractivity contribution in [3.8, 4) is 0 Å². The Labute approximate surface area is 138 Å². The molecule has 0 amide bonds. The minimum absolute atomic E-state index is 0.160. The van der Waals surface area contributed by atoms with Crippen LogP contribution in [-0.2, 0) is 0 Å². The summed E-state index contributed by atoms with van der Waals surface area (Å²) < 4.78 is 14.4. The lowest BCUT2D eigenvalue weighted by molar-refractivity contribution is 0.594. The van der Waals surface area contributed by atoms with Gasteiger partial charge in [-0.2, -0.15) is 0 Å². The Kier molecular flexibility index (Phi) is 4.96. The Hall–Kier alpha value is -0.750. The third kappa shape index (κ3) is 3.28. The predicted octanol–water partition coefficient (Wildman–Crippen LogP) is 5.33. The van der Waals surface area contributed by atoms with Gasteiger partial charge in [0.2, 0.25) is 0 Å². The van der Waals surface area contributed by atoms with Gasteiger partial charge >= 0.3 is 0 Å². The molecule has 3 N–H and O–H groups in total. The summed E-state index contributed by atoms with van der Waals surface area (Å²) in [6, 6.07) is 8.12. The molecule has 0 radical (unpaired) electrons. The van der Waals surface area contributed by atoms with Crippen molar-refractivity contribution in [3.63, 3.8) is 0 Å². The third-order valence-electron chi connectivity index (χ3n) is 2.45. The van der Waals surface area contributed by atoms with Crippen molar-refractivity contribution in [1.29, 1.82) is 5.41 Å². The van der Waals surface area contributed by atoms with Gasteiger partial charge in [0, 0.05) is 20.4 Å². The van der Waals surface area contributed by atoms with Gasteiger partial charge in [-0.25, -0.2) is 4.39 Å². The average Bonchev–Trinajstić information content (AvgIpc) is 2.39. The van der Waals surface area contributed by atoms with Gasteiger partial charge in [0.25, 0.3) is 0 Å². The van der Waals surface area contributed by atoms with Crippen molar-refractivity contribution in [1.82, 2.24) is 0 Å². The Balaban J connectivity index is 2.42. The predicted molar refractivity (Wildman–Crippen MR) is 85.7 cm³/mol. The van der Waals surface area contributed by atoms with Crippen LogP contribution >= 0.6 is 50.9 Å². The monoisotopic (exact) mass is 392 g/mol. The third-order valence-corrected chi connectivity index (χ3v) is 5.00. The molecule has 7 heteroatoms. The first-order valence-corrected chi connectivity index (χ1v) is 7.72. The molecule has 0 aromatic heterocycles. The van der Waals surface area contributed by atoms with Gasteiger partial charge in [-0.3, -0.25) is 5.41 Å². The number of hydrogen-bond donors (Lipinski definition) is 2. The molecule has 0 spiro atoms. The molecule has 0 aliphatic rings. The van der Waals surface area contributed by atoms with E-state index in [1.165, 1.54) is 0 Å². The molecule has 2 aromatic carbocycles. The van der Waals surface area contributed by atoms with Crippen LogP contribution in [0.4, 0.5) is 4.39 Å². The highest BCUT2D eigenvalue weighted by atomic mass is 79.9. The van der Waals surface area contributed by atoms with Crippen LogP contribution in [0.15, 0.2) is 44.6 Å². The second kappa shape index (κ2) is 6.35. The van der Waals surface area contributed by atoms with Gasteiger partial charge in [0.05, 0.1) is 9.50 Å². The quantitative estimate of drug-likeness (QED) is 0.546. The zero-order chi connectivity index (χ0) is 14.9. The molecule has 0 aliphatic carbocycles. The number of amidine groups is 1. The van der Waals surface area contributed by atoms with E-state index in [-0.39, 0.29) is 10.3 Å². The van der Waals surface area contributed by atoms with Crippen LogP contribution in [0.25, 0.3) is 0 Å². The standard InChI is InChI=1S/C13H8BrCl2FN2S/c14-11-7(13(18)19)2-4-9(12(11)17)20-10-5-6(15)1-3-8(10)16/h1-5H,(H3,18,19). The van der Waals surface area contributed by atoms with E-state index in [1.807, 2.05) is 0 Å². The summed E-state index contributed by atoms with van der Waals surface area (Å²) in [5.74, 6) is -0.688. The van der Waals surface area contributed by atoms with E-state index >= 15 is 0 Å². The molecule has 20 heavy (non-hydrogen) atoms. The Morgan fingerprint density at radius 1 is 1.20 bits per heavy atom. The summed E-state index contributed by atoms with van der Waals surface area (Å²) in [5, 5.41) is 8.38. The van der Waals surface area contributed by atoms with Crippen molar-refractivity contribution < 1.29 is 4.39 Å². The topological polar surface area (TPSA) is 49.9 Å².